The van der Waals surface area contributed by atoms with Gasteiger partial charge in [-0.25, -0.2) is 0 Å². The highest BCUT2D eigenvalue weighted by molar-refractivity contribution is 6.31. The predicted octanol–water partition coefficient (Wildman–Crippen LogP) is 3.81. The molecule has 80 valence electrons. The van der Waals surface area contributed by atoms with Crippen molar-refractivity contribution in [3.05, 3.63) is 34.3 Å². The van der Waals surface area contributed by atoms with Gasteiger partial charge < -0.3 is 0 Å². The van der Waals surface area contributed by atoms with Crippen molar-refractivity contribution in [3.8, 4) is 6.07 Å². The Balaban J connectivity index is 3.01. The molecule has 1 aromatic rings. The van der Waals surface area contributed by atoms with Gasteiger partial charge in [0.25, 0.3) is 0 Å². The van der Waals surface area contributed by atoms with E-state index in [1.165, 1.54) is 6.07 Å². The Hall–Kier alpha value is -1.21. The monoisotopic (exact) mass is 233 g/mol. The van der Waals surface area contributed by atoms with Crippen LogP contribution in [0.5, 0.6) is 0 Å². The van der Waals surface area contributed by atoms with Crippen molar-refractivity contribution in [1.29, 1.82) is 5.26 Å². The molecule has 0 unspecified atom stereocenters. The van der Waals surface area contributed by atoms with Gasteiger partial charge in [-0.1, -0.05) is 11.6 Å². The van der Waals surface area contributed by atoms with E-state index in [2.05, 4.69) is 0 Å². The Morgan fingerprint density at radius 2 is 2.00 bits per heavy atom. The lowest BCUT2D eigenvalue weighted by molar-refractivity contribution is -0.137. The van der Waals surface area contributed by atoms with Crippen LogP contribution in [0.3, 0.4) is 0 Å². The first-order chi connectivity index (χ1) is 6.95. The second-order valence-electron chi connectivity index (χ2n) is 2.96. The molecule has 0 amide bonds. The quantitative estimate of drug-likeness (QED) is 0.762. The number of hydrogen-bond donors (Lipinski definition) is 0. The van der Waals surface area contributed by atoms with E-state index in [9.17, 15) is 13.2 Å². The molecule has 0 atom stereocenters. The summed E-state index contributed by atoms with van der Waals surface area (Å²) in [7, 11) is 0. The van der Waals surface area contributed by atoms with Crippen molar-refractivity contribution in [2.75, 3.05) is 0 Å². The molecule has 1 rings (SSSR count). The molecule has 1 aromatic carbocycles. The van der Waals surface area contributed by atoms with Crippen LogP contribution in [0.15, 0.2) is 18.2 Å². The Bertz CT molecular complexity index is 393. The van der Waals surface area contributed by atoms with Crippen LogP contribution in [0.4, 0.5) is 13.2 Å². The zero-order valence-electron chi connectivity index (χ0n) is 7.61. The highest BCUT2D eigenvalue weighted by Gasteiger charge is 2.30. The first-order valence-electron chi connectivity index (χ1n) is 4.17. The summed E-state index contributed by atoms with van der Waals surface area (Å²) in [4.78, 5) is 0. The molecule has 0 heterocycles. The van der Waals surface area contributed by atoms with Gasteiger partial charge in [-0.15, -0.1) is 0 Å². The number of nitriles is 1. The average Bonchev–Trinajstić information content (AvgIpc) is 2.15. The molecule has 0 N–H and O–H groups in total. The summed E-state index contributed by atoms with van der Waals surface area (Å²) < 4.78 is 36.9. The van der Waals surface area contributed by atoms with Crippen molar-refractivity contribution in [1.82, 2.24) is 0 Å². The fourth-order valence-corrected chi connectivity index (χ4v) is 1.35. The van der Waals surface area contributed by atoms with Crippen LogP contribution >= 0.6 is 11.6 Å². The van der Waals surface area contributed by atoms with Gasteiger partial charge in [-0.2, -0.15) is 18.4 Å². The average molecular weight is 234 g/mol. The van der Waals surface area contributed by atoms with Crippen LogP contribution in [0, 0.1) is 11.3 Å². The number of aryl methyl sites for hydroxylation is 1. The first-order valence-corrected chi connectivity index (χ1v) is 4.55. The maximum atomic E-state index is 12.3. The van der Waals surface area contributed by atoms with E-state index in [0.29, 0.717) is 5.56 Å². The summed E-state index contributed by atoms with van der Waals surface area (Å²) >= 11 is 5.71. The molecule has 15 heavy (non-hydrogen) atoms. The van der Waals surface area contributed by atoms with Crippen molar-refractivity contribution in [2.24, 2.45) is 0 Å². The molecule has 0 saturated heterocycles. The van der Waals surface area contributed by atoms with Crippen LogP contribution in [0.1, 0.15) is 17.5 Å². The molecule has 0 aliphatic rings. The van der Waals surface area contributed by atoms with Gasteiger partial charge in [0.2, 0.25) is 0 Å². The highest BCUT2D eigenvalue weighted by atomic mass is 35.5. The third-order valence-corrected chi connectivity index (χ3v) is 2.25. The van der Waals surface area contributed by atoms with Gasteiger partial charge in [-0.3, -0.25) is 0 Å². The molecular formula is C10H7ClF3N. The summed E-state index contributed by atoms with van der Waals surface area (Å²) in [6.07, 6.45) is -3.98. The second-order valence-corrected chi connectivity index (χ2v) is 3.37. The summed E-state index contributed by atoms with van der Waals surface area (Å²) in [6.45, 7) is 0. The Morgan fingerprint density at radius 3 is 2.53 bits per heavy atom. The molecule has 0 aromatic heterocycles. The van der Waals surface area contributed by atoms with Crippen molar-refractivity contribution in [3.63, 3.8) is 0 Å². The maximum absolute atomic E-state index is 12.3. The molecule has 0 spiro atoms. The van der Waals surface area contributed by atoms with Crippen LogP contribution in [0.25, 0.3) is 0 Å². The number of alkyl halides is 3. The van der Waals surface area contributed by atoms with E-state index >= 15 is 0 Å². The fraction of sp³-hybridized carbons (Fsp3) is 0.300. The van der Waals surface area contributed by atoms with Crippen LogP contribution < -0.4 is 0 Å². The van der Waals surface area contributed by atoms with Crippen molar-refractivity contribution < 1.29 is 13.2 Å². The zero-order chi connectivity index (χ0) is 11.5. The van der Waals surface area contributed by atoms with Gasteiger partial charge in [0.05, 0.1) is 11.6 Å². The van der Waals surface area contributed by atoms with Gasteiger partial charge in [-0.05, 0) is 30.2 Å². The minimum Gasteiger partial charge on any atom is -0.198 e. The number of hydrogen-bond acceptors (Lipinski definition) is 1. The summed E-state index contributed by atoms with van der Waals surface area (Å²) in [6, 6.07) is 4.98. The second kappa shape index (κ2) is 4.54. The molecule has 0 aliphatic heterocycles. The molecule has 0 radical (unpaired) electrons. The highest BCUT2D eigenvalue weighted by Crippen LogP contribution is 2.32. The number of rotatable bonds is 2. The summed E-state index contributed by atoms with van der Waals surface area (Å²) in [5, 5.41) is 8.59. The Morgan fingerprint density at radius 1 is 1.33 bits per heavy atom. The normalized spacial score (nSPS) is 11.1. The van der Waals surface area contributed by atoms with Crippen molar-refractivity contribution in [2.45, 2.75) is 19.0 Å². The lowest BCUT2D eigenvalue weighted by atomic mass is 10.1. The largest absolute Gasteiger partial charge is 0.416 e. The number of nitrogens with zero attached hydrogens (tertiary/aromatic N) is 1. The molecule has 5 heteroatoms. The van der Waals surface area contributed by atoms with Gasteiger partial charge in [0.1, 0.15) is 0 Å². The minimum atomic E-state index is -4.37. The third kappa shape index (κ3) is 3.14. The lowest BCUT2D eigenvalue weighted by Crippen LogP contribution is -2.05. The SMILES string of the molecule is N#CCCc1cc(C(F)(F)F)ccc1Cl. The molecule has 0 fully saturated rings. The van der Waals surface area contributed by atoms with E-state index in [4.69, 9.17) is 16.9 Å². The van der Waals surface area contributed by atoms with E-state index in [0.717, 1.165) is 12.1 Å². The number of benzene rings is 1. The van der Waals surface area contributed by atoms with E-state index in [1.54, 1.807) is 0 Å². The lowest BCUT2D eigenvalue weighted by Gasteiger charge is -2.09. The smallest absolute Gasteiger partial charge is 0.198 e. The molecule has 1 nitrogen and oxygen atoms in total. The van der Waals surface area contributed by atoms with E-state index < -0.39 is 11.7 Å². The van der Waals surface area contributed by atoms with Gasteiger partial charge >= 0.3 is 6.18 Å². The maximum Gasteiger partial charge on any atom is 0.416 e. The first kappa shape index (κ1) is 11.9. The van der Waals surface area contributed by atoms with Crippen LogP contribution in [0.2, 0.25) is 5.02 Å². The van der Waals surface area contributed by atoms with E-state index in [1.807, 2.05) is 6.07 Å². The third-order valence-electron chi connectivity index (χ3n) is 1.88. The summed E-state index contributed by atoms with van der Waals surface area (Å²) in [5.74, 6) is 0. The number of halogens is 4. The van der Waals surface area contributed by atoms with E-state index in [-0.39, 0.29) is 17.9 Å². The minimum absolute atomic E-state index is 0.154. The zero-order valence-corrected chi connectivity index (χ0v) is 8.36. The Labute approximate surface area is 90.1 Å². The molecule has 0 bridgehead atoms. The molecule has 0 aliphatic carbocycles. The van der Waals surface area contributed by atoms with Gasteiger partial charge in [0, 0.05) is 11.4 Å². The Kier molecular flexibility index (Phi) is 3.59. The van der Waals surface area contributed by atoms with Crippen LogP contribution in [-0.4, -0.2) is 0 Å². The molecule has 0 saturated carbocycles. The summed E-state index contributed by atoms with van der Waals surface area (Å²) in [5.41, 5.74) is -0.382. The standard InChI is InChI=1S/C10H7ClF3N/c11-9-4-3-8(10(12,13)14)6-7(9)2-1-5-15/h3-4,6H,1-2H2. The van der Waals surface area contributed by atoms with Crippen LogP contribution in [-0.2, 0) is 12.6 Å². The van der Waals surface area contributed by atoms with Crippen molar-refractivity contribution >= 4 is 11.6 Å². The molecular weight excluding hydrogens is 227 g/mol. The fourth-order valence-electron chi connectivity index (χ4n) is 1.13. The topological polar surface area (TPSA) is 23.8 Å². The predicted molar refractivity (Wildman–Crippen MR) is 50.4 cm³/mol. The van der Waals surface area contributed by atoms with Gasteiger partial charge in [0.15, 0.2) is 0 Å².